The second kappa shape index (κ2) is 4.13. The van der Waals surface area contributed by atoms with Crippen LogP contribution in [0.5, 0.6) is 0 Å². The van der Waals surface area contributed by atoms with E-state index in [4.69, 9.17) is 10.6 Å². The van der Waals surface area contributed by atoms with E-state index in [2.05, 4.69) is 11.8 Å². The summed E-state index contributed by atoms with van der Waals surface area (Å²) in [6.45, 7) is -2.34. The summed E-state index contributed by atoms with van der Waals surface area (Å²) in [6.07, 6.45) is -1.03. The molecule has 6 heteroatoms. The van der Waals surface area contributed by atoms with E-state index in [1.807, 2.05) is 0 Å². The van der Waals surface area contributed by atoms with Crippen molar-refractivity contribution in [2.45, 2.75) is 18.6 Å². The first kappa shape index (κ1) is 9.06. The van der Waals surface area contributed by atoms with Gasteiger partial charge in [-0.2, -0.15) is 0 Å². The molecule has 1 heterocycles. The van der Waals surface area contributed by atoms with Gasteiger partial charge in [0.05, 0.1) is 14.1 Å². The van der Waals surface area contributed by atoms with Crippen LogP contribution in [-0.4, -0.2) is 37.2 Å². The van der Waals surface area contributed by atoms with Crippen molar-refractivity contribution in [3.63, 3.8) is 0 Å². The van der Waals surface area contributed by atoms with Crippen molar-refractivity contribution in [2.24, 2.45) is 0 Å². The smallest absolute Gasteiger partial charge is 0.107 e. The highest BCUT2D eigenvalue weighted by molar-refractivity contribution is 8.08. The average molecular weight is 213 g/mol. The standard InChI is InChI=1S/C6H13O4PS/c1-11(8,12)10-4-6-5(7)2-3-9-6/h5-7H,2-4H2,1H3,(H,8,12)/p-1/t5-,6-,11?/m1/s1/i3T/t3-,5+,6+,11?/m0. The molecular weight excluding hydrogens is 199 g/mol. The van der Waals surface area contributed by atoms with E-state index in [0.29, 0.717) is 0 Å². The van der Waals surface area contributed by atoms with Crippen molar-refractivity contribution < 1.29 is 20.6 Å². The maximum Gasteiger partial charge on any atom is 0.107 e. The van der Waals surface area contributed by atoms with Gasteiger partial charge in [0.1, 0.15) is 6.10 Å². The van der Waals surface area contributed by atoms with Crippen molar-refractivity contribution in [3.8, 4) is 0 Å². The summed E-state index contributed by atoms with van der Waals surface area (Å²) < 4.78 is 17.0. The molecule has 0 radical (unpaired) electrons. The lowest BCUT2D eigenvalue weighted by Gasteiger charge is -2.25. The van der Waals surface area contributed by atoms with Crippen LogP contribution in [0.3, 0.4) is 0 Å². The van der Waals surface area contributed by atoms with Crippen LogP contribution in [0, 0.1) is 0 Å². The summed E-state index contributed by atoms with van der Waals surface area (Å²) in [5.74, 6) is 0. The van der Waals surface area contributed by atoms with Crippen molar-refractivity contribution in [3.05, 3.63) is 0 Å². The van der Waals surface area contributed by atoms with E-state index in [0.717, 1.165) is 0 Å². The van der Waals surface area contributed by atoms with Crippen molar-refractivity contribution in [1.82, 2.24) is 0 Å². The molecule has 1 aliphatic heterocycles. The van der Waals surface area contributed by atoms with Crippen LogP contribution in [-0.2, 0) is 21.1 Å². The van der Waals surface area contributed by atoms with Gasteiger partial charge in [0.25, 0.3) is 0 Å². The van der Waals surface area contributed by atoms with Crippen molar-refractivity contribution in [2.75, 3.05) is 19.9 Å². The highest BCUT2D eigenvalue weighted by Crippen LogP contribution is 2.32. The molecule has 12 heavy (non-hydrogen) atoms. The van der Waals surface area contributed by atoms with Gasteiger partial charge < -0.3 is 19.3 Å². The molecule has 1 N–H and O–H groups in total. The molecule has 1 aliphatic rings. The predicted octanol–water partition coefficient (Wildman–Crippen LogP) is -0.548. The molecule has 0 aromatic rings. The zero-order chi connectivity index (χ0) is 10.1. The normalized spacial score (nSPS) is 42.2. The number of rotatable bonds is 3. The topological polar surface area (TPSA) is 61.8 Å². The van der Waals surface area contributed by atoms with Crippen LogP contribution in [0.1, 0.15) is 7.79 Å². The third-order valence-corrected chi connectivity index (χ3v) is 2.45. The summed E-state index contributed by atoms with van der Waals surface area (Å²) in [7, 11) is 0. The molecular formula is C6H12O4PS-. The van der Waals surface area contributed by atoms with Gasteiger partial charge in [-0.05, 0) is 19.6 Å². The van der Waals surface area contributed by atoms with Crippen LogP contribution in [0.25, 0.3) is 0 Å². The van der Waals surface area contributed by atoms with E-state index in [-0.39, 0.29) is 13.0 Å². The first-order chi connectivity index (χ1) is 5.88. The molecule has 1 rings (SSSR count). The highest BCUT2D eigenvalue weighted by atomic mass is 32.5. The summed E-state index contributed by atoms with van der Waals surface area (Å²) in [6, 6.07) is 0. The lowest BCUT2D eigenvalue weighted by molar-refractivity contribution is -0.183. The molecule has 0 aromatic heterocycles. The molecule has 72 valence electrons. The third kappa shape index (κ3) is 3.47. The van der Waals surface area contributed by atoms with Gasteiger partial charge in [0.2, 0.25) is 0 Å². The first-order valence-electron chi connectivity index (χ1n) is 4.15. The molecule has 4 atom stereocenters. The zero-order valence-corrected chi connectivity index (χ0v) is 8.38. The van der Waals surface area contributed by atoms with Crippen LogP contribution in [0.2, 0.25) is 0 Å². The Morgan fingerprint density at radius 1 is 2.00 bits per heavy atom. The average Bonchev–Trinajstić information content (AvgIpc) is 2.24. The minimum absolute atomic E-state index is 0.00613. The second-order valence-electron chi connectivity index (χ2n) is 2.71. The van der Waals surface area contributed by atoms with Crippen molar-refractivity contribution in [1.29, 1.82) is 0 Å². The molecule has 0 bridgehead atoms. The Morgan fingerprint density at radius 3 is 3.08 bits per heavy atom. The molecule has 1 saturated heterocycles. The fourth-order valence-electron chi connectivity index (χ4n) is 0.879. The summed E-state index contributed by atoms with van der Waals surface area (Å²) in [5, 5.41) is 9.31. The van der Waals surface area contributed by atoms with E-state index in [9.17, 15) is 10.00 Å². The monoisotopic (exact) mass is 213 g/mol. The number of hydrogen-bond acceptors (Lipinski definition) is 5. The van der Waals surface area contributed by atoms with Gasteiger partial charge in [0, 0.05) is 6.58 Å². The Morgan fingerprint density at radius 2 is 2.67 bits per heavy atom. The van der Waals surface area contributed by atoms with Crippen molar-refractivity contribution >= 4 is 18.3 Å². The maximum atomic E-state index is 11.0. The van der Waals surface area contributed by atoms with Gasteiger partial charge in [0.15, 0.2) is 0 Å². The van der Waals surface area contributed by atoms with Gasteiger partial charge in [-0.1, -0.05) is 11.8 Å². The molecule has 4 nitrogen and oxygen atoms in total. The summed E-state index contributed by atoms with van der Waals surface area (Å²) in [5.41, 5.74) is 0. The number of ether oxygens (including phenoxy) is 1. The SMILES string of the molecule is [3H][C@H]1C[C@@H](O)[C@@H](COP(C)([O-])=S)O1. The Bertz CT molecular complexity index is 221. The Hall–Kier alpha value is 0.490. The van der Waals surface area contributed by atoms with Crippen LogP contribution in [0.15, 0.2) is 0 Å². The summed E-state index contributed by atoms with van der Waals surface area (Å²) in [4.78, 5) is 11.0. The number of aliphatic hydroxyl groups excluding tert-OH is 1. The largest absolute Gasteiger partial charge is 0.801 e. The Kier molecular flexibility index (Phi) is 3.12. The second-order valence-corrected chi connectivity index (χ2v) is 6.50. The molecule has 0 saturated carbocycles. The van der Waals surface area contributed by atoms with E-state index >= 15 is 0 Å². The van der Waals surface area contributed by atoms with E-state index in [1.54, 1.807) is 0 Å². The maximum absolute atomic E-state index is 11.0. The van der Waals surface area contributed by atoms with E-state index in [1.165, 1.54) is 6.66 Å². The minimum Gasteiger partial charge on any atom is -0.801 e. The van der Waals surface area contributed by atoms with E-state index < -0.39 is 25.3 Å². The predicted molar refractivity (Wildman–Crippen MR) is 46.5 cm³/mol. The minimum atomic E-state index is -2.93. The van der Waals surface area contributed by atoms with Gasteiger partial charge >= 0.3 is 0 Å². The molecule has 1 unspecified atom stereocenters. The van der Waals surface area contributed by atoms with Gasteiger partial charge in [-0.15, -0.1) is 0 Å². The number of hydrogen-bond donors (Lipinski definition) is 1. The Balaban J connectivity index is 2.34. The molecule has 0 aromatic carbocycles. The number of aliphatic hydroxyl groups is 1. The fourth-order valence-corrected chi connectivity index (χ4v) is 1.48. The molecule has 0 amide bonds. The fraction of sp³-hybridized carbons (Fsp3) is 1.00. The van der Waals surface area contributed by atoms with Gasteiger partial charge in [-0.3, -0.25) is 0 Å². The van der Waals surface area contributed by atoms with Crippen LogP contribution in [0.4, 0.5) is 0 Å². The molecule has 0 spiro atoms. The lowest BCUT2D eigenvalue weighted by atomic mass is 10.2. The quantitative estimate of drug-likeness (QED) is 0.637. The highest BCUT2D eigenvalue weighted by Gasteiger charge is 2.26. The van der Waals surface area contributed by atoms with Crippen LogP contribution < -0.4 is 4.89 Å². The Labute approximate surface area is 78.1 Å². The van der Waals surface area contributed by atoms with Crippen LogP contribution >= 0.6 is 6.49 Å². The third-order valence-electron chi connectivity index (χ3n) is 1.51. The zero-order valence-electron chi connectivity index (χ0n) is 7.67. The molecule has 1 fully saturated rings. The summed E-state index contributed by atoms with van der Waals surface area (Å²) >= 11 is 4.54. The van der Waals surface area contributed by atoms with Gasteiger partial charge in [-0.25, -0.2) is 0 Å². The first-order valence-corrected chi connectivity index (χ1v) is 6.66. The lowest BCUT2D eigenvalue weighted by Crippen LogP contribution is -2.26. The molecule has 0 aliphatic carbocycles.